The first-order valence-electron chi connectivity index (χ1n) is 13.5. The van der Waals surface area contributed by atoms with E-state index in [0.717, 1.165) is 42.6 Å². The molecule has 2 saturated carbocycles. The topological polar surface area (TPSA) is 33.0 Å². The summed E-state index contributed by atoms with van der Waals surface area (Å²) in [6, 6.07) is 8.48. The Labute approximate surface area is 209 Å². The van der Waals surface area contributed by atoms with E-state index in [4.69, 9.17) is 5.26 Å². The van der Waals surface area contributed by atoms with Gasteiger partial charge in [0, 0.05) is 6.08 Å². The molecule has 0 aromatic heterocycles. The third kappa shape index (κ3) is 10.5. The van der Waals surface area contributed by atoms with Gasteiger partial charge in [0.25, 0.3) is 0 Å². The number of ether oxygens (including phenoxy) is 1. The average Bonchev–Trinajstić information content (AvgIpc) is 2.85. The first-order chi connectivity index (χ1) is 16.9. The van der Waals surface area contributed by atoms with Gasteiger partial charge in [-0.2, -0.15) is 5.26 Å². The van der Waals surface area contributed by atoms with Crippen LogP contribution in [0, 0.1) is 29.1 Å². The summed E-state index contributed by atoms with van der Waals surface area (Å²) in [5.41, 5.74) is 1.14. The fraction of sp³-hybridized carbons (Fsp3) is 0.633. The van der Waals surface area contributed by atoms with Crippen LogP contribution in [0.4, 0.5) is 13.2 Å². The fourth-order valence-corrected chi connectivity index (χ4v) is 6.01. The molecule has 5 heteroatoms. The summed E-state index contributed by atoms with van der Waals surface area (Å²) in [5.74, 6) is 2.93. The van der Waals surface area contributed by atoms with E-state index < -0.39 is 6.36 Å². The van der Waals surface area contributed by atoms with E-state index in [9.17, 15) is 13.2 Å². The third-order valence-electron chi connectivity index (χ3n) is 8.03. The standard InChI is InChI=1S/C30H40F3NO/c31-30(32,33)35-29-21-19-28(20-22-29)27-17-15-26(16-18-27)10-6-5-9-25-13-11-24(12-14-25)8-4-2-1-3-7-23-34/h1-3,7,19-22,24-27H,4-6,8-18H2/b2-1+,7-3+/t24-,25-,26-,27-. The molecule has 35 heavy (non-hydrogen) atoms. The summed E-state index contributed by atoms with van der Waals surface area (Å²) in [7, 11) is 0. The van der Waals surface area contributed by atoms with Crippen LogP contribution in [0.3, 0.4) is 0 Å². The predicted octanol–water partition coefficient (Wildman–Crippen LogP) is 9.64. The van der Waals surface area contributed by atoms with Crippen molar-refractivity contribution in [3.8, 4) is 11.8 Å². The summed E-state index contributed by atoms with van der Waals surface area (Å²) in [5, 5.41) is 8.48. The highest BCUT2D eigenvalue weighted by atomic mass is 19.4. The molecule has 0 aliphatic heterocycles. The Morgan fingerprint density at radius 1 is 0.800 bits per heavy atom. The third-order valence-corrected chi connectivity index (χ3v) is 8.03. The van der Waals surface area contributed by atoms with Crippen molar-refractivity contribution < 1.29 is 17.9 Å². The Bertz CT molecular complexity index is 821. The maximum atomic E-state index is 12.3. The monoisotopic (exact) mass is 487 g/mol. The lowest BCUT2D eigenvalue weighted by molar-refractivity contribution is -0.274. The van der Waals surface area contributed by atoms with Crippen LogP contribution >= 0.6 is 0 Å². The maximum Gasteiger partial charge on any atom is 0.573 e. The Balaban J connectivity index is 1.23. The van der Waals surface area contributed by atoms with Crippen molar-refractivity contribution >= 4 is 0 Å². The van der Waals surface area contributed by atoms with Gasteiger partial charge in [-0.25, -0.2) is 0 Å². The van der Waals surface area contributed by atoms with Crippen LogP contribution in [-0.2, 0) is 0 Å². The number of nitrogens with zero attached hydrogens (tertiary/aromatic N) is 1. The second kappa shape index (κ2) is 14.4. The van der Waals surface area contributed by atoms with Crippen molar-refractivity contribution in [1.29, 1.82) is 5.26 Å². The predicted molar refractivity (Wildman–Crippen MR) is 135 cm³/mol. The van der Waals surface area contributed by atoms with Crippen molar-refractivity contribution in [2.45, 2.75) is 102 Å². The zero-order chi connectivity index (χ0) is 24.9. The minimum Gasteiger partial charge on any atom is -0.406 e. The van der Waals surface area contributed by atoms with E-state index >= 15 is 0 Å². The number of nitriles is 1. The molecule has 0 amide bonds. The van der Waals surface area contributed by atoms with Crippen LogP contribution in [0.25, 0.3) is 0 Å². The number of rotatable bonds is 11. The second-order valence-electron chi connectivity index (χ2n) is 10.5. The lowest BCUT2D eigenvalue weighted by Crippen LogP contribution is -2.17. The van der Waals surface area contributed by atoms with E-state index in [1.165, 1.54) is 88.8 Å². The van der Waals surface area contributed by atoms with Crippen molar-refractivity contribution in [1.82, 2.24) is 0 Å². The van der Waals surface area contributed by atoms with Crippen LogP contribution in [-0.4, -0.2) is 6.36 Å². The summed E-state index contributed by atoms with van der Waals surface area (Å²) in [6.07, 6.45) is 20.9. The molecule has 0 radical (unpaired) electrons. The lowest BCUT2D eigenvalue weighted by atomic mass is 9.76. The molecule has 192 valence electrons. The van der Waals surface area contributed by atoms with Gasteiger partial charge in [-0.15, -0.1) is 13.2 Å². The van der Waals surface area contributed by atoms with Gasteiger partial charge in [0.1, 0.15) is 5.75 Å². The fourth-order valence-electron chi connectivity index (χ4n) is 6.01. The Kier molecular flexibility index (Phi) is 11.2. The van der Waals surface area contributed by atoms with Crippen molar-refractivity contribution in [2.75, 3.05) is 0 Å². The average molecular weight is 488 g/mol. The highest BCUT2D eigenvalue weighted by molar-refractivity contribution is 5.29. The van der Waals surface area contributed by atoms with Gasteiger partial charge in [-0.05, 0) is 79.9 Å². The van der Waals surface area contributed by atoms with Gasteiger partial charge >= 0.3 is 6.36 Å². The zero-order valence-electron chi connectivity index (χ0n) is 20.8. The molecule has 0 atom stereocenters. The molecule has 2 aliphatic rings. The quantitative estimate of drug-likeness (QED) is 0.177. The highest BCUT2D eigenvalue weighted by Crippen LogP contribution is 2.39. The molecule has 0 spiro atoms. The van der Waals surface area contributed by atoms with Crippen LogP contribution in [0.1, 0.15) is 101 Å². The lowest BCUT2D eigenvalue weighted by Gasteiger charge is -2.30. The summed E-state index contributed by atoms with van der Waals surface area (Å²) >= 11 is 0. The molecule has 0 saturated heterocycles. The second-order valence-corrected chi connectivity index (χ2v) is 10.5. The molecule has 0 heterocycles. The van der Waals surface area contributed by atoms with Crippen molar-refractivity contribution in [3.05, 3.63) is 54.1 Å². The minimum absolute atomic E-state index is 0.138. The van der Waals surface area contributed by atoms with Gasteiger partial charge in [0.15, 0.2) is 0 Å². The molecule has 2 aliphatic carbocycles. The molecule has 0 bridgehead atoms. The molecule has 1 aromatic carbocycles. The molecule has 0 N–H and O–H groups in total. The summed E-state index contributed by atoms with van der Waals surface area (Å²) < 4.78 is 41.0. The number of alkyl halides is 3. The smallest absolute Gasteiger partial charge is 0.406 e. The number of hydrogen-bond acceptors (Lipinski definition) is 2. The Hall–Kier alpha value is -2.22. The first kappa shape index (κ1) is 27.4. The van der Waals surface area contributed by atoms with Crippen molar-refractivity contribution in [2.24, 2.45) is 17.8 Å². The molecular formula is C30H40F3NO. The number of benzene rings is 1. The number of halogens is 3. The SMILES string of the molecule is N#C/C=C/C=C/CC[C@H]1CC[C@H](CCCC[C@H]2CC[C@H](c3ccc(OC(F)(F)F)cc3)CC2)CC1. The van der Waals surface area contributed by atoms with Crippen LogP contribution in [0.15, 0.2) is 48.6 Å². The van der Waals surface area contributed by atoms with E-state index in [0.29, 0.717) is 5.92 Å². The zero-order valence-corrected chi connectivity index (χ0v) is 20.8. The van der Waals surface area contributed by atoms with Gasteiger partial charge in [0.05, 0.1) is 6.07 Å². The molecule has 3 rings (SSSR count). The van der Waals surface area contributed by atoms with Crippen LogP contribution in [0.2, 0.25) is 0 Å². The van der Waals surface area contributed by atoms with Crippen LogP contribution in [0.5, 0.6) is 5.75 Å². The largest absolute Gasteiger partial charge is 0.573 e. The maximum absolute atomic E-state index is 12.3. The molecular weight excluding hydrogens is 447 g/mol. The van der Waals surface area contributed by atoms with Crippen LogP contribution < -0.4 is 4.74 Å². The normalized spacial score (nSPS) is 25.7. The van der Waals surface area contributed by atoms with Gasteiger partial charge in [0.2, 0.25) is 0 Å². The van der Waals surface area contributed by atoms with E-state index in [-0.39, 0.29) is 5.75 Å². The Morgan fingerprint density at radius 3 is 1.89 bits per heavy atom. The van der Waals surface area contributed by atoms with Gasteiger partial charge in [-0.1, -0.05) is 81.7 Å². The molecule has 2 nitrogen and oxygen atoms in total. The minimum atomic E-state index is -4.63. The Morgan fingerprint density at radius 2 is 1.34 bits per heavy atom. The number of hydrogen-bond donors (Lipinski definition) is 0. The number of unbranched alkanes of at least 4 members (excludes halogenated alkanes) is 1. The first-order valence-corrected chi connectivity index (χ1v) is 13.5. The van der Waals surface area contributed by atoms with E-state index in [1.807, 2.05) is 12.1 Å². The summed E-state index contributed by atoms with van der Waals surface area (Å²) in [6.45, 7) is 0. The van der Waals surface area contributed by atoms with Gasteiger partial charge in [-0.3, -0.25) is 0 Å². The molecule has 0 unspecified atom stereocenters. The number of allylic oxidation sites excluding steroid dienone is 4. The molecule has 2 fully saturated rings. The molecule has 1 aromatic rings. The van der Waals surface area contributed by atoms with E-state index in [2.05, 4.69) is 10.8 Å². The van der Waals surface area contributed by atoms with Gasteiger partial charge < -0.3 is 4.74 Å². The highest BCUT2D eigenvalue weighted by Gasteiger charge is 2.31. The summed E-state index contributed by atoms with van der Waals surface area (Å²) in [4.78, 5) is 0. The van der Waals surface area contributed by atoms with Crippen molar-refractivity contribution in [3.63, 3.8) is 0 Å². The van der Waals surface area contributed by atoms with E-state index in [1.54, 1.807) is 18.2 Å².